The van der Waals surface area contributed by atoms with E-state index in [9.17, 15) is 9.90 Å². The van der Waals surface area contributed by atoms with Gasteiger partial charge in [0.15, 0.2) is 11.2 Å². The summed E-state index contributed by atoms with van der Waals surface area (Å²) < 4.78 is 5.88. The summed E-state index contributed by atoms with van der Waals surface area (Å²) in [4.78, 5) is 17.0. The number of rotatable bonds is 9. The molecule has 0 spiro atoms. The lowest BCUT2D eigenvalue weighted by Crippen LogP contribution is -2.41. The van der Waals surface area contributed by atoms with Crippen molar-refractivity contribution in [3.8, 4) is 0 Å². The van der Waals surface area contributed by atoms with Crippen LogP contribution in [0.3, 0.4) is 0 Å². The first-order valence-corrected chi connectivity index (χ1v) is 11.0. The lowest BCUT2D eigenvalue weighted by Gasteiger charge is -2.25. The third kappa shape index (κ3) is 5.08. The second-order valence-electron chi connectivity index (χ2n) is 8.47. The van der Waals surface area contributed by atoms with Crippen LogP contribution < -0.4 is 5.32 Å². The number of amides is 1. The Morgan fingerprint density at radius 1 is 1.10 bits per heavy atom. The molecule has 0 radical (unpaired) electrons. The molecule has 4 rings (SSSR count). The second kappa shape index (κ2) is 9.43. The number of hydrogen-bond donors (Lipinski definition) is 2. The number of nitrogens with zero attached hydrogens (tertiary/aromatic N) is 1. The van der Waals surface area contributed by atoms with E-state index in [1.165, 1.54) is 25.7 Å². The summed E-state index contributed by atoms with van der Waals surface area (Å²) in [7, 11) is 0. The van der Waals surface area contributed by atoms with Gasteiger partial charge in [0.05, 0.1) is 6.54 Å². The summed E-state index contributed by atoms with van der Waals surface area (Å²) in [5.41, 5.74) is 1.11. The van der Waals surface area contributed by atoms with Gasteiger partial charge in [-0.05, 0) is 42.9 Å². The van der Waals surface area contributed by atoms with Gasteiger partial charge in [-0.2, -0.15) is 0 Å². The number of fused-ring (bicyclic) bond motifs is 1. The molecule has 1 atom stereocenters. The minimum atomic E-state index is -1.36. The molecule has 1 aliphatic rings. The van der Waals surface area contributed by atoms with Gasteiger partial charge in [0, 0.05) is 6.42 Å². The number of oxazole rings is 1. The third-order valence-corrected chi connectivity index (χ3v) is 6.19. The minimum absolute atomic E-state index is 0.0175. The van der Waals surface area contributed by atoms with E-state index in [0.29, 0.717) is 36.3 Å². The van der Waals surface area contributed by atoms with Crippen molar-refractivity contribution < 1.29 is 14.3 Å². The molecular formula is C25H30N2O3. The predicted molar refractivity (Wildman–Crippen MR) is 117 cm³/mol. The average molecular weight is 407 g/mol. The molecule has 1 heterocycles. The smallest absolute Gasteiger partial charge is 0.229 e. The van der Waals surface area contributed by atoms with Crippen molar-refractivity contribution in [2.24, 2.45) is 5.92 Å². The highest BCUT2D eigenvalue weighted by atomic mass is 16.4. The van der Waals surface area contributed by atoms with Crippen LogP contribution in [0.4, 0.5) is 0 Å². The maximum absolute atomic E-state index is 12.5. The third-order valence-electron chi connectivity index (χ3n) is 6.19. The Kier molecular flexibility index (Phi) is 6.48. The maximum atomic E-state index is 12.5. The fourth-order valence-electron chi connectivity index (χ4n) is 4.31. The highest BCUT2D eigenvalue weighted by Crippen LogP contribution is 2.30. The van der Waals surface area contributed by atoms with Crippen LogP contribution in [0.5, 0.6) is 0 Å². The molecule has 0 aliphatic heterocycles. The quantitative estimate of drug-likeness (QED) is 0.538. The van der Waals surface area contributed by atoms with Crippen molar-refractivity contribution in [2.75, 3.05) is 6.54 Å². The van der Waals surface area contributed by atoms with E-state index >= 15 is 0 Å². The van der Waals surface area contributed by atoms with Crippen molar-refractivity contribution in [2.45, 2.75) is 57.0 Å². The number of benzene rings is 2. The SMILES string of the molecule is O=C(CCC1CCCC1)NCC(O)(CCc1ccccc1)c1nc2ccccc2o1. The first kappa shape index (κ1) is 20.6. The van der Waals surface area contributed by atoms with Crippen LogP contribution in [-0.4, -0.2) is 22.5 Å². The maximum Gasteiger partial charge on any atom is 0.229 e. The number of carbonyl (C=O) groups is 1. The van der Waals surface area contributed by atoms with Gasteiger partial charge in [-0.25, -0.2) is 4.98 Å². The van der Waals surface area contributed by atoms with E-state index in [0.717, 1.165) is 12.0 Å². The summed E-state index contributed by atoms with van der Waals surface area (Å²) in [6, 6.07) is 17.5. The molecule has 5 nitrogen and oxygen atoms in total. The van der Waals surface area contributed by atoms with Crippen LogP contribution in [0.15, 0.2) is 59.0 Å². The number of hydrogen-bond acceptors (Lipinski definition) is 4. The molecule has 1 amide bonds. The number of para-hydroxylation sites is 2. The van der Waals surface area contributed by atoms with Crippen molar-refractivity contribution in [3.63, 3.8) is 0 Å². The average Bonchev–Trinajstić information content (AvgIpc) is 3.45. The van der Waals surface area contributed by atoms with E-state index in [1.54, 1.807) is 0 Å². The van der Waals surface area contributed by atoms with Gasteiger partial charge >= 0.3 is 0 Å². The molecule has 1 unspecified atom stereocenters. The summed E-state index contributed by atoms with van der Waals surface area (Å²) >= 11 is 0. The van der Waals surface area contributed by atoms with Gasteiger partial charge in [0.2, 0.25) is 11.8 Å². The van der Waals surface area contributed by atoms with Crippen LogP contribution in [-0.2, 0) is 16.8 Å². The molecule has 2 aromatic carbocycles. The molecule has 1 fully saturated rings. The Bertz CT molecular complexity index is 930. The summed E-state index contributed by atoms with van der Waals surface area (Å²) in [5, 5.41) is 14.4. The number of aryl methyl sites for hydroxylation is 1. The van der Waals surface area contributed by atoms with Gasteiger partial charge in [-0.15, -0.1) is 0 Å². The van der Waals surface area contributed by atoms with Crippen LogP contribution in [0.2, 0.25) is 0 Å². The van der Waals surface area contributed by atoms with Crippen LogP contribution in [0.1, 0.15) is 56.4 Å². The first-order valence-electron chi connectivity index (χ1n) is 11.0. The molecule has 158 valence electrons. The number of nitrogens with one attached hydrogen (secondary N) is 1. The zero-order valence-corrected chi connectivity index (χ0v) is 17.3. The Hall–Kier alpha value is -2.66. The number of aliphatic hydroxyl groups is 1. The Labute approximate surface area is 177 Å². The van der Waals surface area contributed by atoms with E-state index in [4.69, 9.17) is 4.42 Å². The molecule has 3 aromatic rings. The second-order valence-corrected chi connectivity index (χ2v) is 8.47. The minimum Gasteiger partial charge on any atom is -0.437 e. The van der Waals surface area contributed by atoms with E-state index < -0.39 is 5.60 Å². The number of carbonyl (C=O) groups excluding carboxylic acids is 1. The van der Waals surface area contributed by atoms with Gasteiger partial charge in [-0.1, -0.05) is 68.1 Å². The molecule has 30 heavy (non-hydrogen) atoms. The summed E-state index contributed by atoms with van der Waals surface area (Å²) in [5.74, 6) is 0.914. The fourth-order valence-corrected chi connectivity index (χ4v) is 4.31. The van der Waals surface area contributed by atoms with Gasteiger partial charge in [0.1, 0.15) is 5.52 Å². The lowest BCUT2D eigenvalue weighted by molar-refractivity contribution is -0.123. The van der Waals surface area contributed by atoms with Gasteiger partial charge < -0.3 is 14.8 Å². The molecule has 1 aliphatic carbocycles. The molecule has 2 N–H and O–H groups in total. The highest BCUT2D eigenvalue weighted by Gasteiger charge is 2.35. The molecule has 0 saturated heterocycles. The Morgan fingerprint density at radius 2 is 1.83 bits per heavy atom. The van der Waals surface area contributed by atoms with Gasteiger partial charge in [0.25, 0.3) is 0 Å². The van der Waals surface area contributed by atoms with E-state index in [1.807, 2.05) is 54.6 Å². The van der Waals surface area contributed by atoms with Crippen molar-refractivity contribution in [1.29, 1.82) is 0 Å². The molecule has 5 heteroatoms. The molecule has 0 bridgehead atoms. The van der Waals surface area contributed by atoms with E-state index in [2.05, 4.69) is 10.3 Å². The van der Waals surface area contributed by atoms with Crippen LogP contribution in [0.25, 0.3) is 11.1 Å². The highest BCUT2D eigenvalue weighted by molar-refractivity contribution is 5.76. The van der Waals surface area contributed by atoms with Crippen molar-refractivity contribution in [3.05, 3.63) is 66.1 Å². The van der Waals surface area contributed by atoms with Gasteiger partial charge in [-0.3, -0.25) is 4.79 Å². The summed E-state index contributed by atoms with van der Waals surface area (Å²) in [6.07, 6.45) is 7.53. The Morgan fingerprint density at radius 3 is 2.60 bits per heavy atom. The van der Waals surface area contributed by atoms with E-state index in [-0.39, 0.29) is 18.3 Å². The Balaban J connectivity index is 1.45. The summed E-state index contributed by atoms with van der Waals surface area (Å²) in [6.45, 7) is 0.0934. The largest absolute Gasteiger partial charge is 0.437 e. The van der Waals surface area contributed by atoms with Crippen LogP contribution in [0, 0.1) is 5.92 Å². The fraction of sp³-hybridized carbons (Fsp3) is 0.440. The van der Waals surface area contributed by atoms with Crippen molar-refractivity contribution in [1.82, 2.24) is 10.3 Å². The molecular weight excluding hydrogens is 376 g/mol. The first-order chi connectivity index (χ1) is 14.6. The van der Waals surface area contributed by atoms with Crippen molar-refractivity contribution >= 4 is 17.0 Å². The predicted octanol–water partition coefficient (Wildman–Crippen LogP) is 4.73. The normalized spacial score (nSPS) is 16.6. The lowest BCUT2D eigenvalue weighted by atomic mass is 9.94. The monoisotopic (exact) mass is 406 g/mol. The molecule has 1 saturated carbocycles. The topological polar surface area (TPSA) is 75.4 Å². The molecule has 1 aromatic heterocycles. The number of aromatic nitrogens is 1. The zero-order valence-electron chi connectivity index (χ0n) is 17.3. The van der Waals surface area contributed by atoms with Crippen LogP contribution >= 0.6 is 0 Å². The standard InChI is InChI=1S/C25H30N2O3/c28-23(15-14-19-10-4-5-11-19)26-18-25(29,17-16-20-8-2-1-3-9-20)24-27-21-12-6-7-13-22(21)30-24/h1-3,6-9,12-13,19,29H,4-5,10-11,14-18H2,(H,26,28). The zero-order chi connectivity index (χ0) is 20.8.